The molecule has 1 aliphatic heterocycles. The number of nitrogens with zero attached hydrogens (tertiary/aromatic N) is 1. The number of hydrogen-bond acceptors (Lipinski definition) is 9. The van der Waals surface area contributed by atoms with Crippen molar-refractivity contribution in [3.05, 3.63) is 58.7 Å². The lowest BCUT2D eigenvalue weighted by Crippen LogP contribution is -2.32. The quantitative estimate of drug-likeness (QED) is 0.145. The maximum absolute atomic E-state index is 13.3. The van der Waals surface area contributed by atoms with Crippen LogP contribution in [-0.4, -0.2) is 66.1 Å². The Labute approximate surface area is 238 Å². The van der Waals surface area contributed by atoms with Crippen molar-refractivity contribution in [2.75, 3.05) is 26.4 Å². The van der Waals surface area contributed by atoms with Gasteiger partial charge in [0.25, 0.3) is 11.8 Å². The van der Waals surface area contributed by atoms with Crippen molar-refractivity contribution in [3.8, 4) is 11.1 Å². The van der Waals surface area contributed by atoms with E-state index in [4.69, 9.17) is 19.4 Å². The predicted octanol–water partition coefficient (Wildman–Crippen LogP) is 4.29. The van der Waals surface area contributed by atoms with Gasteiger partial charge in [-0.15, -0.1) is 0 Å². The molecule has 2 aromatic rings. The molecule has 10 nitrogen and oxygen atoms in total. The average molecular weight is 566 g/mol. The zero-order chi connectivity index (χ0) is 29.4. The van der Waals surface area contributed by atoms with Crippen molar-refractivity contribution >= 4 is 29.5 Å². The lowest BCUT2D eigenvalue weighted by atomic mass is 9.93. The van der Waals surface area contributed by atoms with Gasteiger partial charge in [0.15, 0.2) is 5.78 Å². The van der Waals surface area contributed by atoms with Crippen LogP contribution in [0.4, 0.5) is 4.79 Å². The van der Waals surface area contributed by atoms with E-state index >= 15 is 0 Å². The highest BCUT2D eigenvalue weighted by Crippen LogP contribution is 2.47. The van der Waals surface area contributed by atoms with Gasteiger partial charge >= 0.3 is 6.16 Å². The van der Waals surface area contributed by atoms with E-state index in [2.05, 4.69) is 0 Å². The summed E-state index contributed by atoms with van der Waals surface area (Å²) in [6.07, 6.45) is 2.05. The number of aliphatic hydroxyl groups excluding tert-OH is 1. The first kappa shape index (κ1) is 30.1. The Morgan fingerprint density at radius 1 is 0.951 bits per heavy atom. The Hall–Kier alpha value is -3.89. The summed E-state index contributed by atoms with van der Waals surface area (Å²) in [6.45, 7) is 2.53. The van der Waals surface area contributed by atoms with E-state index in [9.17, 15) is 24.0 Å². The van der Waals surface area contributed by atoms with Crippen LogP contribution >= 0.6 is 0 Å². The number of aliphatic hydroxyl groups is 1. The number of carbonyl (C=O) groups is 5. The van der Waals surface area contributed by atoms with E-state index in [0.717, 1.165) is 34.2 Å². The second-order valence-electron chi connectivity index (χ2n) is 10.2. The van der Waals surface area contributed by atoms with Crippen molar-refractivity contribution < 1.29 is 43.4 Å². The molecule has 218 valence electrons. The third kappa shape index (κ3) is 7.45. The van der Waals surface area contributed by atoms with Crippen LogP contribution in [0.15, 0.2) is 36.4 Å². The zero-order valence-electron chi connectivity index (χ0n) is 23.2. The maximum atomic E-state index is 13.3. The fraction of sp³-hybridized carbons (Fsp3) is 0.452. The van der Waals surface area contributed by atoms with Gasteiger partial charge < -0.3 is 19.4 Å². The standard InChI is InChI=1S/C31H35NO9/c1-20(34)9-10-21-11-12-23-25(18-21)26(19-40-31(38)41-32-28(36)13-14-29(32)37)22-6-4-7-24(30(22)23)27(35)8-5-17-39-16-3-2-15-33/h4,6-7,11-12,18,26,33H,2-3,5,8-10,13-17,19H2,1H3. The Balaban J connectivity index is 1.52. The Kier molecular flexibility index (Phi) is 10.4. The molecule has 4 rings (SSSR count). The molecule has 2 aliphatic rings. The van der Waals surface area contributed by atoms with Gasteiger partial charge in [0, 0.05) is 57.0 Å². The largest absolute Gasteiger partial charge is 0.533 e. The fourth-order valence-corrected chi connectivity index (χ4v) is 5.14. The number of imide groups is 1. The highest BCUT2D eigenvalue weighted by Gasteiger charge is 2.36. The average Bonchev–Trinajstić information content (AvgIpc) is 3.45. The van der Waals surface area contributed by atoms with Crippen molar-refractivity contribution in [3.63, 3.8) is 0 Å². The summed E-state index contributed by atoms with van der Waals surface area (Å²) in [7, 11) is 0. The Morgan fingerprint density at radius 2 is 1.71 bits per heavy atom. The number of hydroxylamine groups is 2. The van der Waals surface area contributed by atoms with Crippen molar-refractivity contribution in [2.24, 2.45) is 0 Å². The number of unbranched alkanes of at least 4 members (excludes halogenated alkanes) is 1. The molecular weight excluding hydrogens is 530 g/mol. The number of Topliss-reactive ketones (excluding diaryl/α,β-unsaturated/α-hetero) is 2. The zero-order valence-corrected chi connectivity index (χ0v) is 23.2. The van der Waals surface area contributed by atoms with Gasteiger partial charge in [-0.2, -0.15) is 0 Å². The van der Waals surface area contributed by atoms with E-state index in [0.29, 0.717) is 55.9 Å². The monoisotopic (exact) mass is 565 g/mol. The third-order valence-electron chi connectivity index (χ3n) is 7.23. The fourth-order valence-electron chi connectivity index (χ4n) is 5.14. The molecule has 10 heteroatoms. The lowest BCUT2D eigenvalue weighted by molar-refractivity contribution is -0.177. The van der Waals surface area contributed by atoms with Crippen LogP contribution in [0.25, 0.3) is 11.1 Å². The van der Waals surface area contributed by atoms with E-state index in [1.807, 2.05) is 24.3 Å². The van der Waals surface area contributed by atoms with Gasteiger partial charge in [-0.3, -0.25) is 19.2 Å². The first-order valence-electron chi connectivity index (χ1n) is 14.0. The number of aryl methyl sites for hydroxylation is 1. The molecule has 1 aliphatic carbocycles. The van der Waals surface area contributed by atoms with Gasteiger partial charge in [0.2, 0.25) is 0 Å². The number of amides is 2. The summed E-state index contributed by atoms with van der Waals surface area (Å²) in [5.41, 5.74) is 4.81. The highest BCUT2D eigenvalue weighted by atomic mass is 16.8. The second-order valence-corrected chi connectivity index (χ2v) is 10.2. The first-order valence-corrected chi connectivity index (χ1v) is 14.0. The lowest BCUT2D eigenvalue weighted by Gasteiger charge is -2.17. The van der Waals surface area contributed by atoms with E-state index in [1.54, 1.807) is 19.1 Å². The maximum Gasteiger partial charge on any atom is 0.533 e. The molecule has 1 saturated heterocycles. The van der Waals surface area contributed by atoms with Crippen molar-refractivity contribution in [1.82, 2.24) is 5.06 Å². The predicted molar refractivity (Wildman–Crippen MR) is 147 cm³/mol. The summed E-state index contributed by atoms with van der Waals surface area (Å²) in [5.74, 6) is -1.57. The molecule has 2 aromatic carbocycles. The Morgan fingerprint density at radius 3 is 2.44 bits per heavy atom. The molecule has 0 bridgehead atoms. The van der Waals surface area contributed by atoms with E-state index in [1.165, 1.54) is 0 Å². The van der Waals surface area contributed by atoms with Crippen LogP contribution < -0.4 is 0 Å². The van der Waals surface area contributed by atoms with Crippen LogP contribution in [0.2, 0.25) is 0 Å². The molecule has 2 amide bonds. The molecule has 0 aromatic heterocycles. The summed E-state index contributed by atoms with van der Waals surface area (Å²) in [5, 5.41) is 9.30. The molecular formula is C31H35NO9. The molecule has 0 radical (unpaired) electrons. The molecule has 1 unspecified atom stereocenters. The second kappa shape index (κ2) is 14.1. The van der Waals surface area contributed by atoms with Crippen molar-refractivity contribution in [2.45, 2.75) is 64.2 Å². The number of fused-ring (bicyclic) bond motifs is 3. The van der Waals surface area contributed by atoms with Gasteiger partial charge in [0.05, 0.1) is 0 Å². The number of benzene rings is 2. The van der Waals surface area contributed by atoms with Crippen LogP contribution in [0.1, 0.15) is 84.8 Å². The smallest absolute Gasteiger partial charge is 0.432 e. The first-order chi connectivity index (χ1) is 19.8. The molecule has 1 heterocycles. The molecule has 1 fully saturated rings. The van der Waals surface area contributed by atoms with E-state index in [-0.39, 0.29) is 37.6 Å². The minimum absolute atomic E-state index is 0.0226. The van der Waals surface area contributed by atoms with Gasteiger partial charge in [-0.25, -0.2) is 4.79 Å². The molecule has 1 atom stereocenters. The SMILES string of the molecule is CC(=O)CCc1ccc2c(c1)C(COC(=O)ON1C(=O)CCC1=O)c1cccc(C(=O)CCCOCCCCO)c1-2. The number of ether oxygens (including phenoxy) is 2. The minimum atomic E-state index is -1.16. The summed E-state index contributed by atoms with van der Waals surface area (Å²) >= 11 is 0. The van der Waals surface area contributed by atoms with Crippen LogP contribution in [0.5, 0.6) is 0 Å². The Bertz CT molecular complexity index is 1300. The van der Waals surface area contributed by atoms with Crippen LogP contribution in [0, 0.1) is 0 Å². The van der Waals surface area contributed by atoms with Gasteiger partial charge in [-0.1, -0.05) is 41.5 Å². The minimum Gasteiger partial charge on any atom is -0.432 e. The summed E-state index contributed by atoms with van der Waals surface area (Å²) in [6, 6.07) is 11.3. The topological polar surface area (TPSA) is 137 Å². The van der Waals surface area contributed by atoms with Crippen LogP contribution in [-0.2, 0) is 35.1 Å². The highest BCUT2D eigenvalue weighted by molar-refractivity contribution is 6.05. The molecule has 41 heavy (non-hydrogen) atoms. The van der Waals surface area contributed by atoms with Gasteiger partial charge in [0.1, 0.15) is 12.4 Å². The number of carbonyl (C=O) groups excluding carboxylic acids is 5. The number of hydrogen-bond donors (Lipinski definition) is 1. The van der Waals surface area contributed by atoms with Crippen LogP contribution in [0.3, 0.4) is 0 Å². The van der Waals surface area contributed by atoms with Gasteiger partial charge in [-0.05, 0) is 60.4 Å². The molecule has 0 saturated carbocycles. The molecule has 0 spiro atoms. The van der Waals surface area contributed by atoms with Crippen molar-refractivity contribution in [1.29, 1.82) is 0 Å². The number of rotatable bonds is 15. The normalized spacial score (nSPS) is 15.6. The summed E-state index contributed by atoms with van der Waals surface area (Å²) in [4.78, 5) is 65.8. The third-order valence-corrected chi connectivity index (χ3v) is 7.23. The number of ketones is 2. The molecule has 1 N–H and O–H groups in total. The van der Waals surface area contributed by atoms with E-state index < -0.39 is 23.9 Å². The summed E-state index contributed by atoms with van der Waals surface area (Å²) < 4.78 is 10.9.